The first-order valence-corrected chi connectivity index (χ1v) is 4.28. The third-order valence-electron chi connectivity index (χ3n) is 1.76. The van der Waals surface area contributed by atoms with E-state index in [1.807, 2.05) is 36.8 Å². The fourth-order valence-electron chi connectivity index (χ4n) is 1.05. The largest absolute Gasteiger partial charge is 0.469 e. The van der Waals surface area contributed by atoms with Gasteiger partial charge in [0, 0.05) is 6.42 Å². The summed E-state index contributed by atoms with van der Waals surface area (Å²) >= 11 is 0. The number of esters is 1. The molecule has 0 aliphatic carbocycles. The maximum atomic E-state index is 10.8. The lowest BCUT2D eigenvalue weighted by Crippen LogP contribution is -1.99. The standard InChI is InChI=1S/C11H13O2/c1-13-11(12)9-5-8-10-6-3-2-4-7-10/h2-4,6-8H,5,9H2,1H3. The molecule has 0 amide bonds. The highest BCUT2D eigenvalue weighted by molar-refractivity contribution is 5.69. The molecule has 0 unspecified atom stereocenters. The second kappa shape index (κ2) is 5.36. The van der Waals surface area contributed by atoms with Crippen LogP contribution in [0.4, 0.5) is 0 Å². The average Bonchev–Trinajstić information content (AvgIpc) is 2.19. The first-order chi connectivity index (χ1) is 6.33. The number of hydrogen-bond donors (Lipinski definition) is 0. The van der Waals surface area contributed by atoms with Crippen LogP contribution in [0.2, 0.25) is 0 Å². The minimum Gasteiger partial charge on any atom is -0.469 e. The Kier molecular flexibility index (Phi) is 4.03. The monoisotopic (exact) mass is 177 g/mol. The number of carbonyl (C=O) groups is 1. The van der Waals surface area contributed by atoms with Crippen molar-refractivity contribution in [1.82, 2.24) is 0 Å². The van der Waals surface area contributed by atoms with Crippen LogP contribution in [0.15, 0.2) is 30.3 Å². The van der Waals surface area contributed by atoms with E-state index in [0.29, 0.717) is 6.42 Å². The highest BCUT2D eigenvalue weighted by Crippen LogP contribution is 2.06. The molecule has 0 aromatic heterocycles. The minimum atomic E-state index is -0.160. The molecular weight excluding hydrogens is 164 g/mol. The molecule has 1 aromatic carbocycles. The summed E-state index contributed by atoms with van der Waals surface area (Å²) in [6.07, 6.45) is 3.21. The van der Waals surface area contributed by atoms with Crippen molar-refractivity contribution in [2.75, 3.05) is 7.11 Å². The zero-order chi connectivity index (χ0) is 9.52. The molecule has 0 N–H and O–H groups in total. The first kappa shape index (κ1) is 9.78. The molecule has 0 heterocycles. The molecule has 2 nitrogen and oxygen atoms in total. The zero-order valence-corrected chi connectivity index (χ0v) is 7.69. The molecule has 0 fully saturated rings. The molecular formula is C11H13O2. The molecule has 0 atom stereocenters. The number of methoxy groups -OCH3 is 1. The smallest absolute Gasteiger partial charge is 0.305 e. The Hall–Kier alpha value is -1.31. The number of rotatable bonds is 4. The fraction of sp³-hybridized carbons (Fsp3) is 0.273. The van der Waals surface area contributed by atoms with Gasteiger partial charge in [0.05, 0.1) is 7.11 Å². The summed E-state index contributed by atoms with van der Waals surface area (Å²) in [6.45, 7) is 0. The number of ether oxygens (including phenoxy) is 1. The van der Waals surface area contributed by atoms with Crippen LogP contribution in [0.25, 0.3) is 0 Å². The summed E-state index contributed by atoms with van der Waals surface area (Å²) in [7, 11) is 1.41. The predicted octanol–water partition coefficient (Wildman–Crippen LogP) is 2.19. The van der Waals surface area contributed by atoms with E-state index in [1.165, 1.54) is 7.11 Å². The van der Waals surface area contributed by atoms with Gasteiger partial charge in [0.1, 0.15) is 0 Å². The summed E-state index contributed by atoms with van der Waals surface area (Å²) in [5.41, 5.74) is 1.14. The van der Waals surface area contributed by atoms with Crippen LogP contribution < -0.4 is 0 Å². The summed E-state index contributed by atoms with van der Waals surface area (Å²) < 4.78 is 4.53. The molecule has 0 saturated heterocycles. The molecule has 0 aliphatic heterocycles. The lowest BCUT2D eigenvalue weighted by atomic mass is 10.1. The zero-order valence-electron chi connectivity index (χ0n) is 7.69. The highest BCUT2D eigenvalue weighted by atomic mass is 16.5. The van der Waals surface area contributed by atoms with E-state index in [0.717, 1.165) is 12.0 Å². The highest BCUT2D eigenvalue weighted by Gasteiger charge is 1.99. The number of benzene rings is 1. The van der Waals surface area contributed by atoms with Gasteiger partial charge in [0.25, 0.3) is 0 Å². The van der Waals surface area contributed by atoms with E-state index in [9.17, 15) is 4.79 Å². The lowest BCUT2D eigenvalue weighted by Gasteiger charge is -1.99. The quantitative estimate of drug-likeness (QED) is 0.659. The van der Waals surface area contributed by atoms with Crippen molar-refractivity contribution in [3.05, 3.63) is 42.3 Å². The van der Waals surface area contributed by atoms with Gasteiger partial charge in [-0.05, 0) is 18.4 Å². The normalized spacial score (nSPS) is 9.62. The van der Waals surface area contributed by atoms with Gasteiger partial charge in [-0.1, -0.05) is 30.3 Å². The Labute approximate surface area is 78.5 Å². The number of hydrogen-bond acceptors (Lipinski definition) is 2. The van der Waals surface area contributed by atoms with Crippen LogP contribution >= 0.6 is 0 Å². The SMILES string of the molecule is COC(=O)CC[CH]c1ccccc1. The van der Waals surface area contributed by atoms with Crippen molar-refractivity contribution >= 4 is 5.97 Å². The molecule has 0 bridgehead atoms. The summed E-state index contributed by atoms with van der Waals surface area (Å²) in [5, 5.41) is 0. The van der Waals surface area contributed by atoms with Gasteiger partial charge in [-0.15, -0.1) is 0 Å². The number of carbonyl (C=O) groups excluding carboxylic acids is 1. The lowest BCUT2D eigenvalue weighted by molar-refractivity contribution is -0.140. The molecule has 1 radical (unpaired) electrons. The van der Waals surface area contributed by atoms with E-state index in [1.54, 1.807) is 0 Å². The molecule has 2 heteroatoms. The van der Waals surface area contributed by atoms with Crippen molar-refractivity contribution in [1.29, 1.82) is 0 Å². The molecule has 0 saturated carbocycles. The maximum absolute atomic E-state index is 10.8. The fourth-order valence-corrected chi connectivity index (χ4v) is 1.05. The van der Waals surface area contributed by atoms with E-state index in [-0.39, 0.29) is 5.97 Å². The molecule has 1 aromatic rings. The average molecular weight is 177 g/mol. The van der Waals surface area contributed by atoms with Gasteiger partial charge in [-0.2, -0.15) is 0 Å². The van der Waals surface area contributed by atoms with Crippen molar-refractivity contribution in [3.8, 4) is 0 Å². The molecule has 0 spiro atoms. The summed E-state index contributed by atoms with van der Waals surface area (Å²) in [6, 6.07) is 9.94. The maximum Gasteiger partial charge on any atom is 0.305 e. The Bertz CT molecular complexity index is 254. The third-order valence-corrected chi connectivity index (χ3v) is 1.76. The topological polar surface area (TPSA) is 26.3 Å². The van der Waals surface area contributed by atoms with Crippen LogP contribution in [0.1, 0.15) is 18.4 Å². The van der Waals surface area contributed by atoms with Crippen LogP contribution in [0.3, 0.4) is 0 Å². The summed E-state index contributed by atoms with van der Waals surface area (Å²) in [4.78, 5) is 10.8. The van der Waals surface area contributed by atoms with Crippen LogP contribution in [0.5, 0.6) is 0 Å². The van der Waals surface area contributed by atoms with E-state index in [2.05, 4.69) is 4.74 Å². The Morgan fingerprint density at radius 1 is 1.38 bits per heavy atom. The van der Waals surface area contributed by atoms with Gasteiger partial charge >= 0.3 is 5.97 Å². The second-order valence-corrected chi connectivity index (χ2v) is 2.73. The molecule has 69 valence electrons. The first-order valence-electron chi connectivity index (χ1n) is 4.28. The Morgan fingerprint density at radius 3 is 2.69 bits per heavy atom. The Morgan fingerprint density at radius 2 is 2.08 bits per heavy atom. The van der Waals surface area contributed by atoms with Gasteiger partial charge in [-0.25, -0.2) is 0 Å². The van der Waals surface area contributed by atoms with Crippen molar-refractivity contribution in [2.24, 2.45) is 0 Å². The molecule has 0 aliphatic rings. The molecule has 13 heavy (non-hydrogen) atoms. The minimum absolute atomic E-state index is 0.160. The van der Waals surface area contributed by atoms with Gasteiger partial charge in [0.2, 0.25) is 0 Å². The van der Waals surface area contributed by atoms with Crippen molar-refractivity contribution in [2.45, 2.75) is 12.8 Å². The predicted molar refractivity (Wildman–Crippen MR) is 51.1 cm³/mol. The van der Waals surface area contributed by atoms with E-state index >= 15 is 0 Å². The van der Waals surface area contributed by atoms with Crippen LogP contribution in [-0.4, -0.2) is 13.1 Å². The van der Waals surface area contributed by atoms with Gasteiger partial charge in [0.15, 0.2) is 0 Å². The van der Waals surface area contributed by atoms with Gasteiger partial charge < -0.3 is 4.74 Å². The van der Waals surface area contributed by atoms with Crippen molar-refractivity contribution < 1.29 is 9.53 Å². The van der Waals surface area contributed by atoms with Crippen LogP contribution in [-0.2, 0) is 9.53 Å². The van der Waals surface area contributed by atoms with E-state index in [4.69, 9.17) is 0 Å². The molecule has 1 rings (SSSR count). The third kappa shape index (κ3) is 3.74. The second-order valence-electron chi connectivity index (χ2n) is 2.73. The van der Waals surface area contributed by atoms with E-state index < -0.39 is 0 Å². The van der Waals surface area contributed by atoms with Crippen molar-refractivity contribution in [3.63, 3.8) is 0 Å². The summed E-state index contributed by atoms with van der Waals surface area (Å²) in [5.74, 6) is -0.160. The van der Waals surface area contributed by atoms with Gasteiger partial charge in [-0.3, -0.25) is 4.79 Å². The Balaban J connectivity index is 2.24. The van der Waals surface area contributed by atoms with Crippen LogP contribution in [0, 0.1) is 6.42 Å².